The number of methoxy groups -OCH3 is 1. The van der Waals surface area contributed by atoms with Gasteiger partial charge in [0.15, 0.2) is 5.78 Å². The van der Waals surface area contributed by atoms with Gasteiger partial charge in [-0.25, -0.2) is 0 Å². The molecule has 2 fully saturated rings. The van der Waals surface area contributed by atoms with Crippen molar-refractivity contribution in [3.63, 3.8) is 0 Å². The number of ether oxygens (including phenoxy) is 1. The van der Waals surface area contributed by atoms with Crippen LogP contribution in [0, 0.1) is 17.3 Å². The molecule has 5 rings (SSSR count). The van der Waals surface area contributed by atoms with E-state index in [1.807, 2.05) is 6.08 Å². The summed E-state index contributed by atoms with van der Waals surface area (Å²) in [5.41, 5.74) is 5.03. The van der Waals surface area contributed by atoms with Crippen LogP contribution in [0.25, 0.3) is 0 Å². The third-order valence-corrected chi connectivity index (χ3v) is 9.64. The van der Waals surface area contributed by atoms with Crippen molar-refractivity contribution in [3.05, 3.63) is 52.6 Å². The smallest absolute Gasteiger partial charge is 0.156 e. The van der Waals surface area contributed by atoms with E-state index in [0.717, 1.165) is 32.1 Å². The molecule has 0 saturated heterocycles. The molecule has 2 saturated carbocycles. The van der Waals surface area contributed by atoms with Gasteiger partial charge in [0.25, 0.3) is 0 Å². The summed E-state index contributed by atoms with van der Waals surface area (Å²) in [5.74, 6) is 1.13. The highest BCUT2D eigenvalue weighted by atomic mass is 16.5. The minimum Gasteiger partial charge on any atom is -0.388 e. The van der Waals surface area contributed by atoms with Gasteiger partial charge in [-0.05, 0) is 85.3 Å². The maximum absolute atomic E-state index is 12.2. The normalized spacial score (nSPS) is 35.9. The van der Waals surface area contributed by atoms with Crippen molar-refractivity contribution in [3.8, 4) is 0 Å². The lowest BCUT2D eigenvalue weighted by Gasteiger charge is -2.55. The molecule has 5 heteroatoms. The largest absolute Gasteiger partial charge is 0.388 e. The average molecular weight is 466 g/mol. The van der Waals surface area contributed by atoms with Crippen LogP contribution in [0.2, 0.25) is 0 Å². The number of ketones is 1. The second-order valence-electron chi connectivity index (χ2n) is 11.4. The highest BCUT2D eigenvalue weighted by molar-refractivity contribution is 5.93. The number of anilines is 1. The number of aliphatic hydroxyl groups excluding tert-OH is 1. The van der Waals surface area contributed by atoms with Crippen LogP contribution in [0.4, 0.5) is 5.69 Å². The van der Waals surface area contributed by atoms with Gasteiger partial charge in [-0.3, -0.25) is 4.79 Å². The molecule has 0 bridgehead atoms. The zero-order valence-corrected chi connectivity index (χ0v) is 21.0. The summed E-state index contributed by atoms with van der Waals surface area (Å²) in [6.07, 6.45) is 6.70. The van der Waals surface area contributed by atoms with Crippen molar-refractivity contribution >= 4 is 11.5 Å². The van der Waals surface area contributed by atoms with E-state index < -0.39 is 17.1 Å². The van der Waals surface area contributed by atoms with E-state index in [0.29, 0.717) is 24.7 Å². The number of hydrogen-bond donors (Lipinski definition) is 2. The Morgan fingerprint density at radius 3 is 2.56 bits per heavy atom. The van der Waals surface area contributed by atoms with Crippen LogP contribution in [0.1, 0.15) is 63.4 Å². The second-order valence-corrected chi connectivity index (χ2v) is 11.4. The van der Waals surface area contributed by atoms with Crippen molar-refractivity contribution in [2.24, 2.45) is 17.3 Å². The SMILES string of the molecule is COC[C@@H](O)[C@@]1(O)CC[C@H]2[C@@H]3CCC4=CC(=O)CCC4=C3[C@@H](c3ccc(N(C)C)cc3)C[C@@]21C. The van der Waals surface area contributed by atoms with Crippen LogP contribution in [0.3, 0.4) is 0 Å². The minimum atomic E-state index is -1.16. The molecule has 5 nitrogen and oxygen atoms in total. The topological polar surface area (TPSA) is 70.0 Å². The van der Waals surface area contributed by atoms with E-state index in [1.54, 1.807) is 7.11 Å². The first-order valence-corrected chi connectivity index (χ1v) is 12.8. The first-order valence-electron chi connectivity index (χ1n) is 12.8. The Kier molecular flexibility index (Phi) is 6.02. The molecule has 34 heavy (non-hydrogen) atoms. The number of carbonyl (C=O) groups is 1. The van der Waals surface area contributed by atoms with Crippen molar-refractivity contribution in [1.82, 2.24) is 0 Å². The van der Waals surface area contributed by atoms with Gasteiger partial charge in [0.05, 0.1) is 12.2 Å². The molecule has 0 radical (unpaired) electrons. The highest BCUT2D eigenvalue weighted by Gasteiger charge is 2.65. The van der Waals surface area contributed by atoms with Gasteiger partial charge in [0, 0.05) is 44.6 Å². The molecule has 0 aromatic heterocycles. The minimum absolute atomic E-state index is 0.147. The van der Waals surface area contributed by atoms with Gasteiger partial charge < -0.3 is 19.8 Å². The third-order valence-electron chi connectivity index (χ3n) is 9.64. The van der Waals surface area contributed by atoms with Crippen LogP contribution < -0.4 is 4.90 Å². The third kappa shape index (κ3) is 3.51. The van der Waals surface area contributed by atoms with Gasteiger partial charge >= 0.3 is 0 Å². The van der Waals surface area contributed by atoms with Crippen LogP contribution in [0.5, 0.6) is 0 Å². The van der Waals surface area contributed by atoms with Crippen molar-refractivity contribution in [1.29, 1.82) is 0 Å². The summed E-state index contributed by atoms with van der Waals surface area (Å²) in [6.45, 7) is 2.36. The van der Waals surface area contributed by atoms with Crippen LogP contribution in [-0.2, 0) is 9.53 Å². The maximum Gasteiger partial charge on any atom is 0.156 e. The van der Waals surface area contributed by atoms with Crippen LogP contribution in [0.15, 0.2) is 47.1 Å². The molecule has 0 amide bonds. The Morgan fingerprint density at radius 2 is 1.88 bits per heavy atom. The lowest BCUT2D eigenvalue weighted by atomic mass is 9.50. The number of benzene rings is 1. The lowest BCUT2D eigenvalue weighted by Crippen LogP contribution is -2.58. The predicted octanol–water partition coefficient (Wildman–Crippen LogP) is 4.39. The van der Waals surface area contributed by atoms with Gasteiger partial charge in [0.2, 0.25) is 0 Å². The van der Waals surface area contributed by atoms with Crippen LogP contribution >= 0.6 is 0 Å². The Labute approximate surface area is 203 Å². The molecule has 0 spiro atoms. The molecule has 4 aliphatic rings. The fourth-order valence-electron chi connectivity index (χ4n) is 7.85. The molecule has 1 aromatic carbocycles. The zero-order valence-electron chi connectivity index (χ0n) is 21.0. The van der Waals surface area contributed by atoms with E-state index >= 15 is 0 Å². The maximum atomic E-state index is 12.2. The van der Waals surface area contributed by atoms with E-state index in [2.05, 4.69) is 50.2 Å². The van der Waals surface area contributed by atoms with E-state index in [-0.39, 0.29) is 18.3 Å². The quantitative estimate of drug-likeness (QED) is 0.675. The van der Waals surface area contributed by atoms with E-state index in [9.17, 15) is 15.0 Å². The summed E-state index contributed by atoms with van der Waals surface area (Å²) < 4.78 is 5.28. The monoisotopic (exact) mass is 465 g/mol. The number of hydrogen-bond acceptors (Lipinski definition) is 5. The standard InChI is InChI=1S/C29H39NO4/c1-28-16-24(18-5-8-20(9-6-18)30(2)3)27-22-12-10-21(31)15-19(22)7-11-23(27)25(28)13-14-29(28,33)26(32)17-34-4/h5-6,8-9,15,23-26,32-33H,7,10-14,16-17H2,1-4H3/t23-,24+,25-,26+,28-,29-/m0/s1. The van der Waals surface area contributed by atoms with E-state index in [4.69, 9.17) is 4.74 Å². The molecule has 4 aliphatic carbocycles. The Balaban J connectivity index is 1.64. The lowest BCUT2D eigenvalue weighted by molar-refractivity contribution is -0.173. The van der Waals surface area contributed by atoms with Gasteiger partial charge in [-0.1, -0.05) is 24.6 Å². The summed E-state index contributed by atoms with van der Waals surface area (Å²) in [7, 11) is 5.68. The number of nitrogens with zero attached hydrogens (tertiary/aromatic N) is 1. The first kappa shape index (κ1) is 23.8. The summed E-state index contributed by atoms with van der Waals surface area (Å²) in [6, 6.07) is 8.82. The summed E-state index contributed by atoms with van der Waals surface area (Å²) >= 11 is 0. The molecule has 1 aromatic rings. The molecule has 0 aliphatic heterocycles. The second kappa shape index (κ2) is 8.61. The molecule has 184 valence electrons. The fourth-order valence-corrected chi connectivity index (χ4v) is 7.85. The van der Waals surface area contributed by atoms with Crippen molar-refractivity contribution < 1.29 is 19.7 Å². The number of rotatable bonds is 5. The van der Waals surface area contributed by atoms with Crippen molar-refractivity contribution in [2.45, 2.75) is 69.5 Å². The van der Waals surface area contributed by atoms with Gasteiger partial charge in [-0.2, -0.15) is 0 Å². The Hall–Kier alpha value is -1.95. The number of fused-ring (bicyclic) bond motifs is 4. The van der Waals surface area contributed by atoms with Gasteiger partial charge in [0.1, 0.15) is 6.10 Å². The fraction of sp³-hybridized carbons (Fsp3) is 0.621. The van der Waals surface area contributed by atoms with Gasteiger partial charge in [-0.15, -0.1) is 0 Å². The number of carbonyl (C=O) groups excluding carboxylic acids is 1. The first-order chi connectivity index (χ1) is 16.2. The summed E-state index contributed by atoms with van der Waals surface area (Å²) in [5, 5.41) is 23.0. The molecule has 0 heterocycles. The molecular weight excluding hydrogens is 426 g/mol. The predicted molar refractivity (Wildman–Crippen MR) is 134 cm³/mol. The summed E-state index contributed by atoms with van der Waals surface area (Å²) in [4.78, 5) is 14.3. The molecule has 2 N–H and O–H groups in total. The number of aliphatic hydroxyl groups is 2. The Morgan fingerprint density at radius 1 is 1.15 bits per heavy atom. The zero-order chi connectivity index (χ0) is 24.3. The molecular formula is C29H39NO4. The Bertz CT molecular complexity index is 1030. The van der Waals surface area contributed by atoms with Crippen molar-refractivity contribution in [2.75, 3.05) is 32.7 Å². The van der Waals surface area contributed by atoms with E-state index in [1.165, 1.54) is 28.0 Å². The van der Waals surface area contributed by atoms with Crippen LogP contribution in [-0.4, -0.2) is 55.5 Å². The highest BCUT2D eigenvalue weighted by Crippen LogP contribution is 2.67. The average Bonchev–Trinajstić information content (AvgIpc) is 3.10. The molecule has 6 atom stereocenters. The molecule has 0 unspecified atom stereocenters. The number of allylic oxidation sites excluding steroid dienone is 4.